The molecule has 0 radical (unpaired) electrons. The highest BCUT2D eigenvalue weighted by Crippen LogP contribution is 2.32. The Morgan fingerprint density at radius 3 is 2.62 bits per heavy atom. The van der Waals surface area contributed by atoms with Gasteiger partial charge in [-0.25, -0.2) is 0 Å². The van der Waals surface area contributed by atoms with Crippen LogP contribution in [0, 0.1) is 6.92 Å². The molecule has 2 aromatic carbocycles. The summed E-state index contributed by atoms with van der Waals surface area (Å²) in [5.74, 6) is 1.57. The van der Waals surface area contributed by atoms with E-state index in [1.54, 1.807) is 0 Å². The predicted octanol–water partition coefficient (Wildman–Crippen LogP) is 2.29. The van der Waals surface area contributed by atoms with Gasteiger partial charge in [-0.3, -0.25) is 0 Å². The fourth-order valence-corrected chi connectivity index (χ4v) is 2.44. The number of rotatable bonds is 8. The van der Waals surface area contributed by atoms with Crippen LogP contribution in [0.5, 0.6) is 11.5 Å². The van der Waals surface area contributed by atoms with Crippen molar-refractivity contribution in [1.82, 2.24) is 20.3 Å². The van der Waals surface area contributed by atoms with Crippen molar-refractivity contribution in [3.8, 4) is 11.5 Å². The van der Waals surface area contributed by atoms with Gasteiger partial charge in [0.05, 0.1) is 13.2 Å². The SMILES string of the molecule is CCOc1cccc(CNn2nnnc2N)c1OCc1ccc(C)cc1. The summed E-state index contributed by atoms with van der Waals surface area (Å²) in [7, 11) is 0. The molecule has 8 nitrogen and oxygen atoms in total. The van der Waals surface area contributed by atoms with Crippen LogP contribution in [0.2, 0.25) is 0 Å². The number of ether oxygens (including phenoxy) is 2. The van der Waals surface area contributed by atoms with Crippen LogP contribution in [0.15, 0.2) is 42.5 Å². The van der Waals surface area contributed by atoms with E-state index in [1.807, 2.05) is 25.1 Å². The van der Waals surface area contributed by atoms with E-state index in [4.69, 9.17) is 15.2 Å². The molecule has 3 aromatic rings. The molecule has 0 fully saturated rings. The smallest absolute Gasteiger partial charge is 0.260 e. The van der Waals surface area contributed by atoms with E-state index in [2.05, 4.69) is 52.1 Å². The first-order valence-electron chi connectivity index (χ1n) is 8.38. The lowest BCUT2D eigenvalue weighted by Crippen LogP contribution is -2.19. The van der Waals surface area contributed by atoms with Crippen LogP contribution in [0.4, 0.5) is 5.95 Å². The molecule has 0 atom stereocenters. The maximum atomic E-state index is 6.09. The van der Waals surface area contributed by atoms with Crippen LogP contribution < -0.4 is 20.6 Å². The Kier molecular flexibility index (Phi) is 5.52. The molecule has 0 saturated carbocycles. The lowest BCUT2D eigenvalue weighted by molar-refractivity contribution is 0.266. The molecule has 0 aliphatic carbocycles. The summed E-state index contributed by atoms with van der Waals surface area (Å²) in [6.07, 6.45) is 0. The minimum atomic E-state index is 0.188. The zero-order valence-corrected chi connectivity index (χ0v) is 14.8. The molecule has 1 aromatic heterocycles. The third-order valence-electron chi connectivity index (χ3n) is 3.78. The molecule has 136 valence electrons. The average Bonchev–Trinajstić information content (AvgIpc) is 3.05. The van der Waals surface area contributed by atoms with Gasteiger partial charge in [-0.15, -0.1) is 4.79 Å². The third kappa shape index (κ3) is 4.21. The molecule has 0 unspecified atom stereocenters. The van der Waals surface area contributed by atoms with Crippen LogP contribution >= 0.6 is 0 Å². The Morgan fingerprint density at radius 2 is 1.92 bits per heavy atom. The van der Waals surface area contributed by atoms with Crippen LogP contribution in [-0.2, 0) is 13.2 Å². The molecule has 26 heavy (non-hydrogen) atoms. The second-order valence-electron chi connectivity index (χ2n) is 5.74. The average molecular weight is 354 g/mol. The Bertz CT molecular complexity index is 847. The van der Waals surface area contributed by atoms with E-state index in [-0.39, 0.29) is 5.95 Å². The largest absolute Gasteiger partial charge is 0.490 e. The predicted molar refractivity (Wildman–Crippen MR) is 98.4 cm³/mol. The van der Waals surface area contributed by atoms with Gasteiger partial charge >= 0.3 is 0 Å². The Hall–Kier alpha value is -3.29. The third-order valence-corrected chi connectivity index (χ3v) is 3.78. The number of benzene rings is 2. The molecule has 0 spiro atoms. The van der Waals surface area contributed by atoms with Crippen molar-refractivity contribution in [2.45, 2.75) is 27.0 Å². The zero-order valence-electron chi connectivity index (χ0n) is 14.8. The number of hydrogen-bond donors (Lipinski definition) is 2. The summed E-state index contributed by atoms with van der Waals surface area (Å²) in [6, 6.07) is 14.0. The van der Waals surface area contributed by atoms with Crippen molar-refractivity contribution in [1.29, 1.82) is 0 Å². The molecule has 3 N–H and O–H groups in total. The van der Waals surface area contributed by atoms with Crippen molar-refractivity contribution < 1.29 is 9.47 Å². The molecule has 8 heteroatoms. The van der Waals surface area contributed by atoms with Crippen molar-refractivity contribution in [3.63, 3.8) is 0 Å². The van der Waals surface area contributed by atoms with Gasteiger partial charge in [0.2, 0.25) is 0 Å². The molecule has 0 bridgehead atoms. The van der Waals surface area contributed by atoms with E-state index < -0.39 is 0 Å². The van der Waals surface area contributed by atoms with E-state index in [1.165, 1.54) is 10.4 Å². The van der Waals surface area contributed by atoms with Gasteiger partial charge < -0.3 is 20.6 Å². The molecular formula is C18H22N6O2. The van der Waals surface area contributed by atoms with Gasteiger partial charge in [0.1, 0.15) is 6.61 Å². The van der Waals surface area contributed by atoms with E-state index >= 15 is 0 Å². The summed E-state index contributed by atoms with van der Waals surface area (Å²) in [5, 5.41) is 10.9. The van der Waals surface area contributed by atoms with Gasteiger partial charge in [0.15, 0.2) is 11.5 Å². The first-order valence-corrected chi connectivity index (χ1v) is 8.38. The Balaban J connectivity index is 1.78. The molecule has 0 saturated heterocycles. The maximum absolute atomic E-state index is 6.09. The quantitative estimate of drug-likeness (QED) is 0.640. The maximum Gasteiger partial charge on any atom is 0.260 e. The van der Waals surface area contributed by atoms with Gasteiger partial charge in [-0.1, -0.05) is 47.1 Å². The Labute approximate surface area is 151 Å². The van der Waals surface area contributed by atoms with Crippen molar-refractivity contribution >= 4 is 5.95 Å². The summed E-state index contributed by atoms with van der Waals surface area (Å²) in [4.78, 5) is 1.32. The molecular weight excluding hydrogens is 332 g/mol. The van der Waals surface area contributed by atoms with Crippen molar-refractivity contribution in [2.75, 3.05) is 17.8 Å². The topological polar surface area (TPSA) is 100 Å². The molecule has 1 heterocycles. The highest BCUT2D eigenvalue weighted by Gasteiger charge is 2.12. The molecule has 0 aliphatic heterocycles. The van der Waals surface area contributed by atoms with Crippen LogP contribution in [0.1, 0.15) is 23.6 Å². The van der Waals surface area contributed by atoms with Crippen molar-refractivity contribution in [3.05, 3.63) is 59.2 Å². The second-order valence-corrected chi connectivity index (χ2v) is 5.74. The van der Waals surface area contributed by atoms with Crippen molar-refractivity contribution in [2.24, 2.45) is 0 Å². The molecule has 3 rings (SSSR count). The highest BCUT2D eigenvalue weighted by atomic mass is 16.5. The fraction of sp³-hybridized carbons (Fsp3) is 0.278. The lowest BCUT2D eigenvalue weighted by Gasteiger charge is -2.17. The number of aromatic nitrogens is 4. The summed E-state index contributed by atoms with van der Waals surface area (Å²) < 4.78 is 11.8. The zero-order chi connectivity index (χ0) is 18.4. The first kappa shape index (κ1) is 17.5. The molecule has 0 aliphatic rings. The fourth-order valence-electron chi connectivity index (χ4n) is 2.44. The number of nitrogens with two attached hydrogens (primary N) is 1. The summed E-state index contributed by atoms with van der Waals surface area (Å²) >= 11 is 0. The number of para-hydroxylation sites is 1. The first-order chi connectivity index (χ1) is 12.7. The highest BCUT2D eigenvalue weighted by molar-refractivity contribution is 5.47. The van der Waals surface area contributed by atoms with Gasteiger partial charge in [0.25, 0.3) is 5.95 Å². The minimum absolute atomic E-state index is 0.188. The monoisotopic (exact) mass is 354 g/mol. The van der Waals surface area contributed by atoms with Gasteiger partial charge in [-0.05, 0) is 35.9 Å². The van der Waals surface area contributed by atoms with Crippen LogP contribution in [0.3, 0.4) is 0 Å². The van der Waals surface area contributed by atoms with E-state index in [9.17, 15) is 0 Å². The van der Waals surface area contributed by atoms with E-state index in [0.717, 1.165) is 11.1 Å². The van der Waals surface area contributed by atoms with Crippen LogP contribution in [0.25, 0.3) is 0 Å². The number of nitrogens with one attached hydrogen (secondary N) is 1. The van der Waals surface area contributed by atoms with E-state index in [0.29, 0.717) is 31.3 Å². The second kappa shape index (κ2) is 8.19. The van der Waals surface area contributed by atoms with Crippen LogP contribution in [-0.4, -0.2) is 26.9 Å². The number of aryl methyl sites for hydroxylation is 1. The summed E-state index contributed by atoms with van der Waals surface area (Å²) in [5.41, 5.74) is 11.9. The lowest BCUT2D eigenvalue weighted by atomic mass is 10.1. The standard InChI is InChI=1S/C18H22N6O2/c1-3-25-16-6-4-5-15(11-20-24-18(19)21-22-23-24)17(16)26-12-14-9-7-13(2)8-10-14/h4-10,20H,3,11-12H2,1-2H3,(H2,19,21,23). The Morgan fingerprint density at radius 1 is 1.12 bits per heavy atom. The van der Waals surface area contributed by atoms with Gasteiger partial charge in [0, 0.05) is 5.56 Å². The number of hydrogen-bond acceptors (Lipinski definition) is 7. The number of anilines is 1. The summed E-state index contributed by atoms with van der Waals surface area (Å²) in [6.45, 7) is 5.43. The number of nitrogen functional groups attached to an aromatic ring is 1. The molecule has 0 amide bonds. The normalized spacial score (nSPS) is 10.5. The number of tetrazole rings is 1. The van der Waals surface area contributed by atoms with Gasteiger partial charge in [-0.2, -0.15) is 0 Å². The minimum Gasteiger partial charge on any atom is -0.490 e. The number of nitrogens with zero attached hydrogens (tertiary/aromatic N) is 4.